The van der Waals surface area contributed by atoms with E-state index < -0.39 is 0 Å². The van der Waals surface area contributed by atoms with Gasteiger partial charge in [-0.2, -0.15) is 0 Å². The highest BCUT2D eigenvalue weighted by Crippen LogP contribution is 2.33. The summed E-state index contributed by atoms with van der Waals surface area (Å²) < 4.78 is 7.09. The molecule has 5 rings (SSSR count). The van der Waals surface area contributed by atoms with Gasteiger partial charge in [-0.3, -0.25) is 9.69 Å². The highest BCUT2D eigenvalue weighted by molar-refractivity contribution is 7.18. The van der Waals surface area contributed by atoms with Crippen LogP contribution in [0.2, 0.25) is 0 Å². The van der Waals surface area contributed by atoms with Crippen LogP contribution in [0.15, 0.2) is 53.3 Å². The fraction of sp³-hybridized carbons (Fsp3) is 0.280. The van der Waals surface area contributed by atoms with Crippen LogP contribution in [-0.4, -0.2) is 21.1 Å². The zero-order valence-corrected chi connectivity index (χ0v) is 19.1. The highest BCUT2D eigenvalue weighted by atomic mass is 32.1. The molecule has 0 spiro atoms. The van der Waals surface area contributed by atoms with Gasteiger partial charge in [-0.15, -0.1) is 11.3 Å². The summed E-state index contributed by atoms with van der Waals surface area (Å²) >= 11 is 1.60. The van der Waals surface area contributed by atoms with Crippen LogP contribution < -0.4 is 16.1 Å². The van der Waals surface area contributed by atoms with E-state index in [-0.39, 0.29) is 12.2 Å². The Labute approximate surface area is 190 Å². The highest BCUT2D eigenvalue weighted by Gasteiger charge is 2.25. The molecule has 32 heavy (non-hydrogen) atoms. The van der Waals surface area contributed by atoms with Crippen LogP contribution in [0.3, 0.4) is 0 Å². The number of nitrogens with two attached hydrogens (primary N) is 1. The van der Waals surface area contributed by atoms with Gasteiger partial charge in [-0.1, -0.05) is 48.0 Å². The van der Waals surface area contributed by atoms with Gasteiger partial charge in [-0.25, -0.2) is 9.66 Å². The van der Waals surface area contributed by atoms with Gasteiger partial charge in [0, 0.05) is 24.5 Å². The maximum atomic E-state index is 13.1. The van der Waals surface area contributed by atoms with Crippen molar-refractivity contribution >= 4 is 21.6 Å². The summed E-state index contributed by atoms with van der Waals surface area (Å²) in [6, 6.07) is 16.5. The Kier molecular flexibility index (Phi) is 5.45. The summed E-state index contributed by atoms with van der Waals surface area (Å²) in [5.41, 5.74) is 4.43. The molecule has 6 nitrogen and oxygen atoms in total. The minimum Gasteiger partial charge on any atom is -0.485 e. The number of fused-ring (bicyclic) bond motifs is 3. The normalized spacial score (nSPS) is 13.9. The Hall–Kier alpha value is -3.16. The summed E-state index contributed by atoms with van der Waals surface area (Å²) in [4.78, 5) is 22.2. The molecule has 7 heteroatoms. The van der Waals surface area contributed by atoms with Crippen molar-refractivity contribution in [2.75, 3.05) is 12.4 Å². The molecular formula is C25H26N4O2S. The molecule has 164 valence electrons. The number of aryl methyl sites for hydroxylation is 2. The molecule has 0 amide bonds. The van der Waals surface area contributed by atoms with Crippen LogP contribution in [-0.2, 0) is 26.1 Å². The third-order valence-corrected chi connectivity index (χ3v) is 7.11. The van der Waals surface area contributed by atoms with Crippen molar-refractivity contribution in [3.05, 3.63) is 91.8 Å². The van der Waals surface area contributed by atoms with Gasteiger partial charge in [0.1, 0.15) is 17.2 Å². The first kappa shape index (κ1) is 20.7. The third-order valence-electron chi connectivity index (χ3n) is 5.99. The monoisotopic (exact) mass is 446 g/mol. The number of hydrogen-bond acceptors (Lipinski definition) is 6. The minimum absolute atomic E-state index is 0.147. The van der Waals surface area contributed by atoms with Crippen LogP contribution >= 0.6 is 11.3 Å². The summed E-state index contributed by atoms with van der Waals surface area (Å²) in [6.45, 7) is 6.83. The van der Waals surface area contributed by atoms with Crippen molar-refractivity contribution in [3.63, 3.8) is 0 Å². The molecule has 0 fully saturated rings. The maximum absolute atomic E-state index is 13.1. The number of hydrogen-bond donors (Lipinski definition) is 1. The largest absolute Gasteiger partial charge is 0.485 e. The van der Waals surface area contributed by atoms with E-state index in [0.29, 0.717) is 11.2 Å². The summed E-state index contributed by atoms with van der Waals surface area (Å²) in [5, 5.41) is 0.669. The number of ether oxygens (including phenoxy) is 1. The van der Waals surface area contributed by atoms with E-state index in [1.807, 2.05) is 32.0 Å². The van der Waals surface area contributed by atoms with Crippen molar-refractivity contribution < 1.29 is 4.74 Å². The number of aromatic nitrogens is 2. The van der Waals surface area contributed by atoms with Crippen molar-refractivity contribution in [2.45, 2.75) is 40.0 Å². The van der Waals surface area contributed by atoms with E-state index in [1.54, 1.807) is 11.3 Å². The number of nitrogen functional groups attached to an aromatic ring is 1. The Bertz CT molecular complexity index is 1340. The molecule has 2 N–H and O–H groups in total. The summed E-state index contributed by atoms with van der Waals surface area (Å²) in [5.74, 6) is 7.36. The maximum Gasteiger partial charge on any atom is 0.281 e. The van der Waals surface area contributed by atoms with Crippen molar-refractivity contribution in [2.24, 2.45) is 0 Å². The first-order valence-corrected chi connectivity index (χ1v) is 11.6. The molecule has 0 atom stereocenters. The predicted molar refractivity (Wildman–Crippen MR) is 129 cm³/mol. The van der Waals surface area contributed by atoms with Crippen molar-refractivity contribution in [3.8, 4) is 5.75 Å². The molecule has 0 saturated heterocycles. The van der Waals surface area contributed by atoms with Crippen LogP contribution in [0.4, 0.5) is 0 Å². The lowest BCUT2D eigenvalue weighted by Crippen LogP contribution is -2.33. The van der Waals surface area contributed by atoms with Gasteiger partial charge in [0.05, 0.1) is 5.39 Å². The van der Waals surface area contributed by atoms with E-state index in [4.69, 9.17) is 15.6 Å². The van der Waals surface area contributed by atoms with Gasteiger partial charge in [0.25, 0.3) is 5.56 Å². The third kappa shape index (κ3) is 3.89. The molecule has 0 unspecified atom stereocenters. The van der Waals surface area contributed by atoms with Gasteiger partial charge >= 0.3 is 0 Å². The lowest BCUT2D eigenvalue weighted by molar-refractivity contribution is 0.249. The first-order valence-electron chi connectivity index (χ1n) is 10.8. The topological polar surface area (TPSA) is 73.4 Å². The SMILES string of the molecule is Cc1ccc(OCc2nc3sc4c(c3c(=O)n2N)CCN(Cc2ccccc2)C4)c(C)c1. The van der Waals surface area contributed by atoms with Gasteiger partial charge in [-0.05, 0) is 43.0 Å². The molecule has 1 aliphatic heterocycles. The lowest BCUT2D eigenvalue weighted by Gasteiger charge is -2.26. The predicted octanol–water partition coefficient (Wildman–Crippen LogP) is 3.93. The van der Waals surface area contributed by atoms with Crippen molar-refractivity contribution in [1.82, 2.24) is 14.6 Å². The summed E-state index contributed by atoms with van der Waals surface area (Å²) in [6.07, 6.45) is 0.831. The van der Waals surface area contributed by atoms with Crippen LogP contribution in [0.25, 0.3) is 10.2 Å². The second-order valence-electron chi connectivity index (χ2n) is 8.39. The molecule has 2 aromatic carbocycles. The molecule has 0 aliphatic carbocycles. The van der Waals surface area contributed by atoms with E-state index in [9.17, 15) is 4.79 Å². The van der Waals surface area contributed by atoms with E-state index in [0.717, 1.165) is 52.4 Å². The van der Waals surface area contributed by atoms with Gasteiger partial charge < -0.3 is 10.6 Å². The minimum atomic E-state index is -0.191. The molecule has 1 aliphatic rings. The Morgan fingerprint density at radius 1 is 1.16 bits per heavy atom. The summed E-state index contributed by atoms with van der Waals surface area (Å²) in [7, 11) is 0. The molecule has 2 aromatic heterocycles. The van der Waals surface area contributed by atoms with Crippen molar-refractivity contribution in [1.29, 1.82) is 0 Å². The second kappa shape index (κ2) is 8.41. The van der Waals surface area contributed by atoms with E-state index >= 15 is 0 Å². The zero-order valence-electron chi connectivity index (χ0n) is 18.3. The average Bonchev–Trinajstić information content (AvgIpc) is 3.14. The molecule has 0 radical (unpaired) electrons. The molecule has 0 bridgehead atoms. The second-order valence-corrected chi connectivity index (χ2v) is 9.47. The van der Waals surface area contributed by atoms with Gasteiger partial charge in [0.15, 0.2) is 5.82 Å². The molecule has 4 aromatic rings. The fourth-order valence-electron chi connectivity index (χ4n) is 4.33. The standard InChI is InChI=1S/C25H26N4O2S/c1-16-8-9-20(17(2)12-16)31-15-22-27-24-23(25(30)29(22)26)19-10-11-28(14-21(19)32-24)13-18-6-4-3-5-7-18/h3-9,12H,10-11,13-15,26H2,1-2H3. The average molecular weight is 447 g/mol. The van der Waals surface area contributed by atoms with Crippen LogP contribution in [0.1, 0.15) is 33.0 Å². The smallest absolute Gasteiger partial charge is 0.281 e. The number of rotatable bonds is 5. The van der Waals surface area contributed by atoms with Gasteiger partial charge in [0.2, 0.25) is 0 Å². The molecular weight excluding hydrogens is 420 g/mol. The number of thiophene rings is 1. The van der Waals surface area contributed by atoms with Crippen LogP contribution in [0.5, 0.6) is 5.75 Å². The Morgan fingerprint density at radius 2 is 1.97 bits per heavy atom. The van der Waals surface area contributed by atoms with Crippen LogP contribution in [0, 0.1) is 13.8 Å². The van der Waals surface area contributed by atoms with E-state index in [1.165, 1.54) is 16.0 Å². The fourth-order valence-corrected chi connectivity index (χ4v) is 5.60. The number of benzene rings is 2. The lowest BCUT2D eigenvalue weighted by atomic mass is 10.0. The quantitative estimate of drug-likeness (QED) is 0.470. The zero-order chi connectivity index (χ0) is 22.2. The van der Waals surface area contributed by atoms with E-state index in [2.05, 4.69) is 35.2 Å². The Morgan fingerprint density at radius 3 is 2.75 bits per heavy atom. The Balaban J connectivity index is 1.41. The molecule has 3 heterocycles. The number of nitrogens with zero attached hydrogens (tertiary/aromatic N) is 3. The molecule has 0 saturated carbocycles. The first-order chi connectivity index (χ1) is 15.5.